The summed E-state index contributed by atoms with van der Waals surface area (Å²) in [4.78, 5) is 27.2. The second-order valence-electron chi connectivity index (χ2n) is 2.05. The second-order valence-corrected chi connectivity index (χ2v) is 3.71. The normalized spacial score (nSPS) is 16.7. The summed E-state index contributed by atoms with van der Waals surface area (Å²) in [5.41, 5.74) is 0. The van der Waals surface area contributed by atoms with Crippen molar-refractivity contribution in [3.63, 3.8) is 0 Å². The summed E-state index contributed by atoms with van der Waals surface area (Å²) in [7, 11) is 1.73. The smallest absolute Gasteiger partial charge is 0.356 e. The van der Waals surface area contributed by atoms with Gasteiger partial charge in [0.25, 0.3) is 5.91 Å². The van der Waals surface area contributed by atoms with Gasteiger partial charge >= 0.3 is 23.1 Å². The molecule has 1 heterocycles. The third-order valence-corrected chi connectivity index (χ3v) is 2.57. The molecule has 1 unspecified atom stereocenters. The molecule has 0 aromatic heterocycles. The maximum atomic E-state index is 10.7. The fourth-order valence-corrected chi connectivity index (χ4v) is 1.63. The van der Waals surface area contributed by atoms with E-state index in [-0.39, 0.29) is 34.3 Å². The molecule has 1 amide bonds. The molecular formula is C4H6ClMgN3O7S. The number of amides is 1. The minimum absolute atomic E-state index is 0. The van der Waals surface area contributed by atoms with Crippen LogP contribution in [0.4, 0.5) is 0 Å². The van der Waals surface area contributed by atoms with Gasteiger partial charge in [0.15, 0.2) is 0 Å². The number of hydrogen-bond donors (Lipinski definition) is 0. The predicted octanol–water partition coefficient (Wildman–Crippen LogP) is -0.145. The van der Waals surface area contributed by atoms with Gasteiger partial charge in [0.05, 0.1) is 10.2 Å². The van der Waals surface area contributed by atoms with Gasteiger partial charge in [0.2, 0.25) is 0 Å². The van der Waals surface area contributed by atoms with Crippen molar-refractivity contribution in [1.82, 2.24) is 4.31 Å². The van der Waals surface area contributed by atoms with Crippen LogP contribution in [0, 0.1) is 30.6 Å². The molecule has 13 heteroatoms. The van der Waals surface area contributed by atoms with Crippen molar-refractivity contribution in [2.75, 3.05) is 12.8 Å². The molecule has 94 valence electrons. The molecule has 0 aromatic carbocycles. The first-order valence-electron chi connectivity index (χ1n) is 3.36. The zero-order chi connectivity index (χ0) is 13.3. The minimum Gasteiger partial charge on any atom is -0.356 e. The predicted molar refractivity (Wildman–Crippen MR) is 61.3 cm³/mol. The molecule has 0 saturated carbocycles. The van der Waals surface area contributed by atoms with Gasteiger partial charge in [-0.15, -0.1) is 11.6 Å². The van der Waals surface area contributed by atoms with Crippen molar-refractivity contribution >= 4 is 52.5 Å². The molecule has 1 atom stereocenters. The van der Waals surface area contributed by atoms with Crippen LogP contribution in [0.15, 0.2) is 0 Å². The SMILES string of the molecule is CN1SCC(Cl)C1=O.O=[N+]([O-])[O-].O=[N+]([O-])[O-].[Mg+2]. The molecule has 1 aliphatic rings. The average Bonchev–Trinajstić information content (AvgIpc) is 2.34. The topological polar surface area (TPSA) is 153 Å². The zero-order valence-electron chi connectivity index (χ0n) is 8.48. The summed E-state index contributed by atoms with van der Waals surface area (Å²) in [6, 6.07) is 0. The standard InChI is InChI=1S/C4H6ClNOS.Mg.2NO3/c1-6-4(7)3(5)2-8-6;;2*2-1(3)4/h3H,2H2,1H3;;;/q;+2;2*-1. The van der Waals surface area contributed by atoms with Crippen LogP contribution >= 0.6 is 23.5 Å². The maximum Gasteiger partial charge on any atom is 2.00 e. The van der Waals surface area contributed by atoms with Crippen molar-refractivity contribution in [3.05, 3.63) is 30.6 Å². The van der Waals surface area contributed by atoms with Gasteiger partial charge in [0.1, 0.15) is 5.38 Å². The van der Waals surface area contributed by atoms with Gasteiger partial charge < -0.3 is 30.6 Å². The van der Waals surface area contributed by atoms with Crippen LogP contribution in [0.3, 0.4) is 0 Å². The van der Waals surface area contributed by atoms with E-state index in [1.54, 1.807) is 11.4 Å². The Morgan fingerprint density at radius 1 is 1.29 bits per heavy atom. The Labute approximate surface area is 120 Å². The van der Waals surface area contributed by atoms with E-state index < -0.39 is 10.2 Å². The molecule has 0 aliphatic carbocycles. The summed E-state index contributed by atoms with van der Waals surface area (Å²) >= 11 is 7.01. The van der Waals surface area contributed by atoms with E-state index in [1.165, 1.54) is 11.9 Å². The van der Waals surface area contributed by atoms with Gasteiger partial charge in [-0.3, -0.25) is 9.10 Å². The number of nitrogens with zero attached hydrogens (tertiary/aromatic N) is 3. The molecule has 0 aromatic rings. The van der Waals surface area contributed by atoms with Crippen molar-refractivity contribution in [3.8, 4) is 0 Å². The van der Waals surface area contributed by atoms with Crippen LogP contribution in [0.25, 0.3) is 0 Å². The summed E-state index contributed by atoms with van der Waals surface area (Å²) in [5, 5.41) is 29.2. The molecule has 1 rings (SSSR count). The molecule has 0 bridgehead atoms. The number of hydrogen-bond acceptors (Lipinski definition) is 8. The second kappa shape index (κ2) is 11.8. The molecule has 1 saturated heterocycles. The largest absolute Gasteiger partial charge is 2.00 e. The molecule has 0 N–H and O–H groups in total. The van der Waals surface area contributed by atoms with Gasteiger partial charge in [-0.1, -0.05) is 0 Å². The Hall–Kier alpha value is -0.724. The monoisotopic (exact) mass is 299 g/mol. The molecule has 17 heavy (non-hydrogen) atoms. The molecule has 10 nitrogen and oxygen atoms in total. The average molecular weight is 300 g/mol. The molecular weight excluding hydrogens is 294 g/mol. The van der Waals surface area contributed by atoms with E-state index in [0.29, 0.717) is 0 Å². The van der Waals surface area contributed by atoms with Gasteiger partial charge in [-0.05, 0) is 11.9 Å². The fraction of sp³-hybridized carbons (Fsp3) is 0.750. The van der Waals surface area contributed by atoms with Crippen molar-refractivity contribution < 1.29 is 15.0 Å². The van der Waals surface area contributed by atoms with E-state index in [1.807, 2.05) is 0 Å². The van der Waals surface area contributed by atoms with Gasteiger partial charge in [0, 0.05) is 12.8 Å². The molecule has 1 aliphatic heterocycles. The van der Waals surface area contributed by atoms with Crippen LogP contribution in [-0.4, -0.2) is 61.6 Å². The fourth-order valence-electron chi connectivity index (χ4n) is 0.509. The molecule has 0 radical (unpaired) electrons. The summed E-state index contributed by atoms with van der Waals surface area (Å²) < 4.78 is 1.57. The summed E-state index contributed by atoms with van der Waals surface area (Å²) in [6.07, 6.45) is 0. The summed E-state index contributed by atoms with van der Waals surface area (Å²) in [6.45, 7) is 0. The third kappa shape index (κ3) is 17.9. The Morgan fingerprint density at radius 2 is 1.59 bits per heavy atom. The van der Waals surface area contributed by atoms with Crippen molar-refractivity contribution in [2.24, 2.45) is 0 Å². The zero-order valence-corrected chi connectivity index (χ0v) is 11.5. The quantitative estimate of drug-likeness (QED) is 0.197. The Balaban J connectivity index is -0.000000189. The Morgan fingerprint density at radius 3 is 1.65 bits per heavy atom. The van der Waals surface area contributed by atoms with Crippen LogP contribution < -0.4 is 0 Å². The molecule has 0 spiro atoms. The number of carbonyl (C=O) groups excluding carboxylic acids is 1. The Bertz CT molecular complexity index is 238. The maximum absolute atomic E-state index is 10.7. The number of carbonyl (C=O) groups is 1. The number of halogens is 1. The van der Waals surface area contributed by atoms with Crippen LogP contribution in [-0.2, 0) is 4.79 Å². The first kappa shape index (κ1) is 21.5. The van der Waals surface area contributed by atoms with E-state index in [2.05, 4.69) is 0 Å². The first-order chi connectivity index (χ1) is 7.18. The Kier molecular flexibility index (Phi) is 14.9. The van der Waals surface area contributed by atoms with E-state index >= 15 is 0 Å². The van der Waals surface area contributed by atoms with Crippen LogP contribution in [0.1, 0.15) is 0 Å². The van der Waals surface area contributed by atoms with Crippen LogP contribution in [0.2, 0.25) is 0 Å². The van der Waals surface area contributed by atoms with Gasteiger partial charge in [-0.25, -0.2) is 0 Å². The van der Waals surface area contributed by atoms with Crippen molar-refractivity contribution in [1.29, 1.82) is 0 Å². The number of alkyl halides is 1. The van der Waals surface area contributed by atoms with Crippen molar-refractivity contribution in [2.45, 2.75) is 5.38 Å². The minimum atomic E-state index is -1.75. The van der Waals surface area contributed by atoms with E-state index in [4.69, 9.17) is 42.2 Å². The van der Waals surface area contributed by atoms with E-state index in [9.17, 15) is 4.79 Å². The summed E-state index contributed by atoms with van der Waals surface area (Å²) in [5.74, 6) is 0.744. The van der Waals surface area contributed by atoms with E-state index in [0.717, 1.165) is 5.75 Å². The first-order valence-corrected chi connectivity index (χ1v) is 4.74. The van der Waals surface area contributed by atoms with Gasteiger partial charge in [-0.2, -0.15) is 0 Å². The third-order valence-electron chi connectivity index (χ3n) is 0.993. The molecule has 1 fully saturated rings. The van der Waals surface area contributed by atoms with Crippen LogP contribution in [0.5, 0.6) is 0 Å². The number of rotatable bonds is 0.